The first-order valence-electron chi connectivity index (χ1n) is 5.13. The number of nitrogens with zero attached hydrogens (tertiary/aromatic N) is 2. The average Bonchev–Trinajstić information content (AvgIpc) is 2.71. The molecule has 1 saturated heterocycles. The molecule has 1 atom stereocenters. The molecule has 1 unspecified atom stereocenters. The van der Waals surface area contributed by atoms with Crippen molar-refractivity contribution in [2.75, 3.05) is 13.1 Å². The second-order valence-electron chi connectivity index (χ2n) is 4.48. The Bertz CT molecular complexity index is 382. The number of aliphatic hydroxyl groups is 1. The van der Waals surface area contributed by atoms with E-state index in [1.807, 2.05) is 19.3 Å². The van der Waals surface area contributed by atoms with E-state index in [0.717, 1.165) is 0 Å². The third-order valence-electron chi connectivity index (χ3n) is 2.90. The van der Waals surface area contributed by atoms with Crippen LogP contribution in [0.2, 0.25) is 0 Å². The second kappa shape index (κ2) is 3.38. The van der Waals surface area contributed by atoms with Crippen LogP contribution in [-0.4, -0.2) is 39.2 Å². The zero-order valence-corrected chi connectivity index (χ0v) is 9.10. The van der Waals surface area contributed by atoms with Crippen molar-refractivity contribution < 1.29 is 9.90 Å². The summed E-state index contributed by atoms with van der Waals surface area (Å²) in [6, 6.07) is 3.65. The molecule has 0 radical (unpaired) electrons. The molecule has 2 heterocycles. The molecule has 0 aromatic carbocycles. The van der Waals surface area contributed by atoms with Crippen molar-refractivity contribution >= 4 is 5.91 Å². The topological polar surface area (TPSA) is 45.5 Å². The van der Waals surface area contributed by atoms with Gasteiger partial charge in [0, 0.05) is 26.3 Å². The molecule has 4 nitrogen and oxygen atoms in total. The predicted octanol–water partition coefficient (Wildman–Crippen LogP) is 0.622. The zero-order chi connectivity index (χ0) is 11.1. The van der Waals surface area contributed by atoms with Gasteiger partial charge in [-0.1, -0.05) is 0 Å². The summed E-state index contributed by atoms with van der Waals surface area (Å²) in [5, 5.41) is 9.78. The number of rotatable bonds is 1. The summed E-state index contributed by atoms with van der Waals surface area (Å²) in [6.45, 7) is 2.83. The van der Waals surface area contributed by atoms with Crippen molar-refractivity contribution in [2.45, 2.75) is 18.9 Å². The molecule has 1 aliphatic heterocycles. The van der Waals surface area contributed by atoms with E-state index in [9.17, 15) is 9.90 Å². The Labute approximate surface area is 89.1 Å². The van der Waals surface area contributed by atoms with E-state index in [1.54, 1.807) is 22.5 Å². The first-order chi connectivity index (χ1) is 6.99. The number of hydrogen-bond donors (Lipinski definition) is 1. The standard InChI is InChI=1S/C11H16N2O2/c1-11(15)5-7-13(8-11)10(14)9-4-3-6-12(9)2/h3-4,6,15H,5,7-8H2,1-2H3. The van der Waals surface area contributed by atoms with Gasteiger partial charge in [-0.25, -0.2) is 0 Å². The van der Waals surface area contributed by atoms with E-state index in [1.165, 1.54) is 0 Å². The molecular formula is C11H16N2O2. The SMILES string of the molecule is Cn1cccc1C(=O)N1CCC(C)(O)C1. The van der Waals surface area contributed by atoms with Gasteiger partial charge in [-0.2, -0.15) is 0 Å². The smallest absolute Gasteiger partial charge is 0.270 e. The van der Waals surface area contributed by atoms with Crippen LogP contribution in [0.25, 0.3) is 0 Å². The number of hydrogen-bond acceptors (Lipinski definition) is 2. The molecule has 1 fully saturated rings. The van der Waals surface area contributed by atoms with Crippen LogP contribution >= 0.6 is 0 Å². The molecule has 4 heteroatoms. The van der Waals surface area contributed by atoms with Gasteiger partial charge in [0.25, 0.3) is 5.91 Å². The van der Waals surface area contributed by atoms with Gasteiger partial charge in [0.05, 0.1) is 5.60 Å². The number of likely N-dealkylation sites (tertiary alicyclic amines) is 1. The molecule has 15 heavy (non-hydrogen) atoms. The van der Waals surface area contributed by atoms with Gasteiger partial charge in [-0.05, 0) is 25.5 Å². The normalized spacial score (nSPS) is 25.9. The summed E-state index contributed by atoms with van der Waals surface area (Å²) in [7, 11) is 1.85. The van der Waals surface area contributed by atoms with Crippen LogP contribution in [0, 0.1) is 0 Å². The summed E-state index contributed by atoms with van der Waals surface area (Å²) in [4.78, 5) is 13.7. The molecule has 0 spiro atoms. The highest BCUT2D eigenvalue weighted by Gasteiger charge is 2.34. The highest BCUT2D eigenvalue weighted by atomic mass is 16.3. The predicted molar refractivity (Wildman–Crippen MR) is 56.6 cm³/mol. The molecule has 82 valence electrons. The Kier molecular flexibility index (Phi) is 2.31. The Hall–Kier alpha value is -1.29. The van der Waals surface area contributed by atoms with E-state index < -0.39 is 5.60 Å². The molecular weight excluding hydrogens is 192 g/mol. The highest BCUT2D eigenvalue weighted by molar-refractivity contribution is 5.93. The van der Waals surface area contributed by atoms with Crippen LogP contribution in [0.3, 0.4) is 0 Å². The molecule has 1 aromatic rings. The van der Waals surface area contributed by atoms with E-state index >= 15 is 0 Å². The third kappa shape index (κ3) is 1.90. The molecule has 1 aliphatic rings. The molecule has 1 amide bonds. The Morgan fingerprint density at radius 3 is 2.80 bits per heavy atom. The van der Waals surface area contributed by atoms with Gasteiger partial charge < -0.3 is 14.6 Å². The van der Waals surface area contributed by atoms with Crippen molar-refractivity contribution in [3.8, 4) is 0 Å². The van der Waals surface area contributed by atoms with Crippen LogP contribution in [0.15, 0.2) is 18.3 Å². The summed E-state index contributed by atoms with van der Waals surface area (Å²) in [6.07, 6.45) is 2.50. The van der Waals surface area contributed by atoms with Gasteiger partial charge in [0.15, 0.2) is 0 Å². The number of carbonyl (C=O) groups excluding carboxylic acids is 1. The Balaban J connectivity index is 2.14. The lowest BCUT2D eigenvalue weighted by molar-refractivity contribution is 0.0567. The summed E-state index contributed by atoms with van der Waals surface area (Å²) >= 11 is 0. The monoisotopic (exact) mass is 208 g/mol. The van der Waals surface area contributed by atoms with Gasteiger partial charge in [-0.3, -0.25) is 4.79 Å². The van der Waals surface area contributed by atoms with E-state index in [0.29, 0.717) is 25.2 Å². The summed E-state index contributed by atoms with van der Waals surface area (Å²) < 4.78 is 1.80. The van der Waals surface area contributed by atoms with Gasteiger partial charge in [0.1, 0.15) is 5.69 Å². The fourth-order valence-electron chi connectivity index (χ4n) is 1.96. The third-order valence-corrected chi connectivity index (χ3v) is 2.90. The lowest BCUT2D eigenvalue weighted by atomic mass is 10.1. The van der Waals surface area contributed by atoms with Crippen LogP contribution in [0.5, 0.6) is 0 Å². The largest absolute Gasteiger partial charge is 0.388 e. The van der Waals surface area contributed by atoms with E-state index in [4.69, 9.17) is 0 Å². The Morgan fingerprint density at radius 1 is 1.60 bits per heavy atom. The van der Waals surface area contributed by atoms with E-state index in [2.05, 4.69) is 0 Å². The fourth-order valence-corrected chi connectivity index (χ4v) is 1.96. The maximum absolute atomic E-state index is 12.0. The molecule has 0 aliphatic carbocycles. The van der Waals surface area contributed by atoms with Crippen LogP contribution < -0.4 is 0 Å². The lowest BCUT2D eigenvalue weighted by Gasteiger charge is -2.19. The van der Waals surface area contributed by atoms with Crippen molar-refractivity contribution in [3.05, 3.63) is 24.0 Å². The van der Waals surface area contributed by atoms with Crippen LogP contribution in [0.4, 0.5) is 0 Å². The number of aryl methyl sites for hydroxylation is 1. The quantitative estimate of drug-likeness (QED) is 0.735. The van der Waals surface area contributed by atoms with Crippen molar-refractivity contribution in [1.29, 1.82) is 0 Å². The number of β-amino-alcohol motifs (C(OH)–C–C–N with tert-alkyl or cyclic N) is 1. The summed E-state index contributed by atoms with van der Waals surface area (Å²) in [5.41, 5.74) is -0.0476. The number of aromatic nitrogens is 1. The van der Waals surface area contributed by atoms with Crippen LogP contribution in [-0.2, 0) is 7.05 Å². The molecule has 1 aromatic heterocycles. The Morgan fingerprint density at radius 2 is 2.33 bits per heavy atom. The number of amides is 1. The minimum absolute atomic E-state index is 0.000255. The average molecular weight is 208 g/mol. The molecule has 0 saturated carbocycles. The first kappa shape index (κ1) is 10.2. The maximum atomic E-state index is 12.0. The summed E-state index contributed by atoms with van der Waals surface area (Å²) in [5.74, 6) is 0.000255. The van der Waals surface area contributed by atoms with Crippen molar-refractivity contribution in [3.63, 3.8) is 0 Å². The molecule has 1 N–H and O–H groups in total. The number of carbonyl (C=O) groups is 1. The van der Waals surface area contributed by atoms with Gasteiger partial charge in [-0.15, -0.1) is 0 Å². The molecule has 2 rings (SSSR count). The van der Waals surface area contributed by atoms with E-state index in [-0.39, 0.29) is 5.91 Å². The van der Waals surface area contributed by atoms with Crippen molar-refractivity contribution in [2.24, 2.45) is 7.05 Å². The second-order valence-corrected chi connectivity index (χ2v) is 4.48. The van der Waals surface area contributed by atoms with Gasteiger partial charge >= 0.3 is 0 Å². The van der Waals surface area contributed by atoms with Gasteiger partial charge in [0.2, 0.25) is 0 Å². The van der Waals surface area contributed by atoms with Crippen LogP contribution in [0.1, 0.15) is 23.8 Å². The molecule has 0 bridgehead atoms. The first-order valence-corrected chi connectivity index (χ1v) is 5.13. The maximum Gasteiger partial charge on any atom is 0.270 e. The van der Waals surface area contributed by atoms with Crippen molar-refractivity contribution in [1.82, 2.24) is 9.47 Å². The lowest BCUT2D eigenvalue weighted by Crippen LogP contribution is -2.34. The minimum Gasteiger partial charge on any atom is -0.388 e. The fraction of sp³-hybridized carbons (Fsp3) is 0.545. The minimum atomic E-state index is -0.721. The zero-order valence-electron chi connectivity index (χ0n) is 9.10. The highest BCUT2D eigenvalue weighted by Crippen LogP contribution is 2.21.